The van der Waals surface area contributed by atoms with Gasteiger partial charge in [-0.15, -0.1) is 0 Å². The van der Waals surface area contributed by atoms with Crippen molar-refractivity contribution in [2.75, 3.05) is 14.1 Å². The summed E-state index contributed by atoms with van der Waals surface area (Å²) in [6, 6.07) is -0.0874. The minimum absolute atomic E-state index is 0.0874. The minimum Gasteiger partial charge on any atom is -0.341 e. The van der Waals surface area contributed by atoms with Crippen LogP contribution in [0.5, 0.6) is 0 Å². The van der Waals surface area contributed by atoms with Crippen LogP contribution >= 0.6 is 0 Å². The molecule has 0 bridgehead atoms. The fourth-order valence-corrected chi connectivity index (χ4v) is 0.522. The van der Waals surface area contributed by atoms with Crippen LogP contribution in [0, 0.1) is 0 Å². The number of rotatable bonds is 1. The molecule has 0 unspecified atom stereocenters. The van der Waals surface area contributed by atoms with E-state index < -0.39 is 0 Å². The van der Waals surface area contributed by atoms with E-state index in [1.165, 1.54) is 0 Å². The Labute approximate surface area is 61.7 Å². The smallest absolute Gasteiger partial charge is 0.321 e. The van der Waals surface area contributed by atoms with Crippen LogP contribution in [0.3, 0.4) is 0 Å². The lowest BCUT2D eigenvalue weighted by molar-refractivity contribution is 0.221. The van der Waals surface area contributed by atoms with Gasteiger partial charge in [0.15, 0.2) is 0 Å². The average Bonchev–Trinajstić information content (AvgIpc) is 2.00. The summed E-state index contributed by atoms with van der Waals surface area (Å²) in [5.41, 5.74) is 0.944. The van der Waals surface area contributed by atoms with Crippen molar-refractivity contribution < 1.29 is 4.79 Å². The molecule has 0 aromatic carbocycles. The molecular weight excluding hydrogens is 128 g/mol. The molecule has 0 saturated heterocycles. The summed E-state index contributed by atoms with van der Waals surface area (Å²) in [6.45, 7) is 3.78. The SMILES string of the molecule is CC=C(C)N(C)C(=O)NC. The molecule has 3 heteroatoms. The van der Waals surface area contributed by atoms with Crippen LogP contribution in [0.15, 0.2) is 11.8 Å². The van der Waals surface area contributed by atoms with E-state index in [1.54, 1.807) is 19.0 Å². The van der Waals surface area contributed by atoms with Crippen LogP contribution in [-0.4, -0.2) is 25.0 Å². The zero-order chi connectivity index (χ0) is 8.15. The number of hydrogen-bond acceptors (Lipinski definition) is 1. The quantitative estimate of drug-likeness (QED) is 0.586. The molecule has 3 nitrogen and oxygen atoms in total. The summed E-state index contributed by atoms with van der Waals surface area (Å²) < 4.78 is 0. The van der Waals surface area contributed by atoms with Crippen molar-refractivity contribution >= 4 is 6.03 Å². The maximum absolute atomic E-state index is 10.9. The molecule has 10 heavy (non-hydrogen) atoms. The number of allylic oxidation sites excluding steroid dienone is 2. The van der Waals surface area contributed by atoms with Gasteiger partial charge in [0.2, 0.25) is 0 Å². The molecule has 0 fully saturated rings. The van der Waals surface area contributed by atoms with Gasteiger partial charge in [-0.2, -0.15) is 0 Å². The van der Waals surface area contributed by atoms with Gasteiger partial charge in [-0.25, -0.2) is 4.79 Å². The first-order valence-corrected chi connectivity index (χ1v) is 3.21. The third kappa shape index (κ3) is 2.09. The topological polar surface area (TPSA) is 32.3 Å². The van der Waals surface area contributed by atoms with E-state index in [0.717, 1.165) is 5.70 Å². The average molecular weight is 142 g/mol. The molecule has 0 saturated carbocycles. The molecule has 58 valence electrons. The molecule has 0 aromatic heterocycles. The van der Waals surface area contributed by atoms with Crippen molar-refractivity contribution in [2.45, 2.75) is 13.8 Å². The van der Waals surface area contributed by atoms with Gasteiger partial charge in [0.05, 0.1) is 0 Å². The lowest BCUT2D eigenvalue weighted by Crippen LogP contribution is -2.33. The van der Waals surface area contributed by atoms with Gasteiger partial charge >= 0.3 is 6.03 Å². The molecule has 0 aliphatic heterocycles. The molecule has 0 aromatic rings. The fourth-order valence-electron chi connectivity index (χ4n) is 0.522. The van der Waals surface area contributed by atoms with Crippen LogP contribution in [-0.2, 0) is 0 Å². The second kappa shape index (κ2) is 3.93. The standard InChI is InChI=1S/C7H14N2O/c1-5-6(2)9(4)7(10)8-3/h5H,1-4H3,(H,8,10). The van der Waals surface area contributed by atoms with Gasteiger partial charge in [0, 0.05) is 19.8 Å². The third-order valence-corrected chi connectivity index (χ3v) is 1.47. The minimum atomic E-state index is -0.0874. The van der Waals surface area contributed by atoms with Crippen molar-refractivity contribution in [3.8, 4) is 0 Å². The Morgan fingerprint density at radius 3 is 2.40 bits per heavy atom. The molecule has 0 rings (SSSR count). The Balaban J connectivity index is 4.08. The lowest BCUT2D eigenvalue weighted by atomic mass is 10.4. The molecule has 0 atom stereocenters. The van der Waals surface area contributed by atoms with E-state index in [0.29, 0.717) is 0 Å². The van der Waals surface area contributed by atoms with Crippen LogP contribution in [0.25, 0.3) is 0 Å². The maximum atomic E-state index is 10.9. The fraction of sp³-hybridized carbons (Fsp3) is 0.571. The Morgan fingerprint density at radius 2 is 2.10 bits per heavy atom. The highest BCUT2D eigenvalue weighted by atomic mass is 16.2. The highest BCUT2D eigenvalue weighted by Gasteiger charge is 2.04. The molecule has 1 N–H and O–H groups in total. The largest absolute Gasteiger partial charge is 0.341 e. The third-order valence-electron chi connectivity index (χ3n) is 1.47. The van der Waals surface area contributed by atoms with Crippen LogP contribution in [0.2, 0.25) is 0 Å². The van der Waals surface area contributed by atoms with E-state index in [4.69, 9.17) is 0 Å². The number of carbonyl (C=O) groups excluding carboxylic acids is 1. The molecule has 0 radical (unpaired) electrons. The Hall–Kier alpha value is -0.990. The molecule has 2 amide bonds. The number of carbonyl (C=O) groups is 1. The summed E-state index contributed by atoms with van der Waals surface area (Å²) >= 11 is 0. The van der Waals surface area contributed by atoms with E-state index in [9.17, 15) is 4.79 Å². The number of nitrogens with one attached hydrogen (secondary N) is 1. The lowest BCUT2D eigenvalue weighted by Gasteiger charge is -2.16. The first-order chi connectivity index (χ1) is 4.63. The number of urea groups is 1. The molecular formula is C7H14N2O. The number of amides is 2. The highest BCUT2D eigenvalue weighted by molar-refractivity contribution is 5.75. The van der Waals surface area contributed by atoms with Crippen molar-refractivity contribution in [2.24, 2.45) is 0 Å². The van der Waals surface area contributed by atoms with Crippen molar-refractivity contribution in [3.63, 3.8) is 0 Å². The number of hydrogen-bond donors (Lipinski definition) is 1. The van der Waals surface area contributed by atoms with Gasteiger partial charge in [-0.05, 0) is 13.8 Å². The van der Waals surface area contributed by atoms with Crippen LogP contribution < -0.4 is 5.32 Å². The van der Waals surface area contributed by atoms with Gasteiger partial charge in [-0.3, -0.25) is 0 Å². The summed E-state index contributed by atoms with van der Waals surface area (Å²) in [6.07, 6.45) is 1.88. The van der Waals surface area contributed by atoms with E-state index in [1.807, 2.05) is 19.9 Å². The molecule has 0 heterocycles. The normalized spacial score (nSPS) is 11.0. The van der Waals surface area contributed by atoms with Crippen LogP contribution in [0.1, 0.15) is 13.8 Å². The monoisotopic (exact) mass is 142 g/mol. The molecule has 0 aliphatic rings. The number of nitrogens with zero attached hydrogens (tertiary/aromatic N) is 1. The zero-order valence-corrected chi connectivity index (χ0v) is 6.93. The second-order valence-electron chi connectivity index (χ2n) is 2.04. The van der Waals surface area contributed by atoms with Crippen molar-refractivity contribution in [1.29, 1.82) is 0 Å². The molecule has 0 spiro atoms. The highest BCUT2D eigenvalue weighted by Crippen LogP contribution is 1.98. The van der Waals surface area contributed by atoms with E-state index in [2.05, 4.69) is 5.32 Å². The van der Waals surface area contributed by atoms with Gasteiger partial charge < -0.3 is 10.2 Å². The second-order valence-corrected chi connectivity index (χ2v) is 2.04. The summed E-state index contributed by atoms with van der Waals surface area (Å²) in [5.74, 6) is 0. The van der Waals surface area contributed by atoms with Gasteiger partial charge in [0.25, 0.3) is 0 Å². The summed E-state index contributed by atoms with van der Waals surface area (Å²) in [5, 5.41) is 2.53. The van der Waals surface area contributed by atoms with Crippen molar-refractivity contribution in [3.05, 3.63) is 11.8 Å². The predicted molar refractivity (Wildman–Crippen MR) is 41.6 cm³/mol. The summed E-state index contributed by atoms with van der Waals surface area (Å²) in [4.78, 5) is 12.4. The van der Waals surface area contributed by atoms with Crippen molar-refractivity contribution in [1.82, 2.24) is 10.2 Å². The van der Waals surface area contributed by atoms with Gasteiger partial charge in [-0.1, -0.05) is 6.08 Å². The Morgan fingerprint density at radius 1 is 1.60 bits per heavy atom. The first kappa shape index (κ1) is 9.01. The van der Waals surface area contributed by atoms with Gasteiger partial charge in [0.1, 0.15) is 0 Å². The van der Waals surface area contributed by atoms with E-state index in [-0.39, 0.29) is 6.03 Å². The van der Waals surface area contributed by atoms with Crippen LogP contribution in [0.4, 0.5) is 4.79 Å². The zero-order valence-electron chi connectivity index (χ0n) is 6.93. The Bertz CT molecular complexity index is 152. The van der Waals surface area contributed by atoms with E-state index >= 15 is 0 Å². The molecule has 0 aliphatic carbocycles. The Kier molecular flexibility index (Phi) is 3.54. The maximum Gasteiger partial charge on any atom is 0.321 e. The first-order valence-electron chi connectivity index (χ1n) is 3.21. The predicted octanol–water partition coefficient (Wildman–Crippen LogP) is 1.18. The summed E-state index contributed by atoms with van der Waals surface area (Å²) in [7, 11) is 3.34.